The van der Waals surface area contributed by atoms with E-state index in [4.69, 9.17) is 26.1 Å². The topological polar surface area (TPSA) is 83.6 Å². The van der Waals surface area contributed by atoms with Crippen LogP contribution in [-0.4, -0.2) is 76.2 Å². The Bertz CT molecular complexity index is 1120. The number of allylic oxidation sites excluding steroid dienone is 4. The molecule has 8 nitrogen and oxygen atoms in total. The summed E-state index contributed by atoms with van der Waals surface area (Å²) in [5.41, 5.74) is 4.57. The van der Waals surface area contributed by atoms with E-state index >= 15 is 0 Å². The maximum Gasteiger partial charge on any atom is 0.296 e. The molecule has 1 unspecified atom stereocenters. The summed E-state index contributed by atoms with van der Waals surface area (Å²) in [7, 11) is 0. The second kappa shape index (κ2) is 9.96. The van der Waals surface area contributed by atoms with Crippen LogP contribution < -0.4 is 4.74 Å². The van der Waals surface area contributed by atoms with Crippen LogP contribution in [-0.2, 0) is 9.53 Å². The van der Waals surface area contributed by atoms with Crippen molar-refractivity contribution in [3.63, 3.8) is 0 Å². The van der Waals surface area contributed by atoms with E-state index < -0.39 is 0 Å². The SMILES string of the molecule is CC(C)C(=O)N1CCCC(Oc2nc3nc(C4=CC=C(N5CCOCC5)CC4)c(Cl)cc3[nH]2)C1. The number of piperidine rings is 1. The summed E-state index contributed by atoms with van der Waals surface area (Å²) >= 11 is 6.62. The minimum Gasteiger partial charge on any atom is -0.460 e. The summed E-state index contributed by atoms with van der Waals surface area (Å²) < 4.78 is 11.6. The third-order valence-electron chi connectivity index (χ3n) is 6.72. The molecular weight excluding hydrogens is 454 g/mol. The van der Waals surface area contributed by atoms with E-state index in [-0.39, 0.29) is 17.9 Å². The Morgan fingerprint density at radius 3 is 2.76 bits per heavy atom. The molecule has 0 spiro atoms. The number of ether oxygens (including phenoxy) is 2. The van der Waals surface area contributed by atoms with Crippen molar-refractivity contribution < 1.29 is 14.3 Å². The Morgan fingerprint density at radius 1 is 1.21 bits per heavy atom. The van der Waals surface area contributed by atoms with Gasteiger partial charge < -0.3 is 24.3 Å². The molecule has 0 radical (unpaired) electrons. The average molecular weight is 486 g/mol. The summed E-state index contributed by atoms with van der Waals surface area (Å²) in [6.45, 7) is 8.69. The Hall–Kier alpha value is -2.58. The van der Waals surface area contributed by atoms with Crippen molar-refractivity contribution in [2.45, 2.75) is 45.6 Å². The van der Waals surface area contributed by atoms with Crippen LogP contribution in [0.15, 0.2) is 23.9 Å². The Labute approximate surface area is 205 Å². The molecule has 3 aliphatic rings. The lowest BCUT2D eigenvalue weighted by Crippen LogP contribution is -2.45. The number of halogens is 1. The van der Waals surface area contributed by atoms with Crippen molar-refractivity contribution in [3.05, 3.63) is 34.6 Å². The minimum absolute atomic E-state index is 0.0106. The fourth-order valence-electron chi connectivity index (χ4n) is 4.87. The van der Waals surface area contributed by atoms with E-state index in [2.05, 4.69) is 27.0 Å². The first-order valence-electron chi connectivity index (χ1n) is 12.2. The van der Waals surface area contributed by atoms with Crippen molar-refractivity contribution in [2.75, 3.05) is 39.4 Å². The van der Waals surface area contributed by atoms with E-state index in [1.54, 1.807) is 0 Å². The summed E-state index contributed by atoms with van der Waals surface area (Å²) in [6.07, 6.45) is 7.88. The third-order valence-corrected chi connectivity index (χ3v) is 7.00. The highest BCUT2D eigenvalue weighted by atomic mass is 35.5. The van der Waals surface area contributed by atoms with Crippen molar-refractivity contribution in [3.8, 4) is 6.01 Å². The number of amides is 1. The summed E-state index contributed by atoms with van der Waals surface area (Å²) in [6, 6.07) is 2.29. The van der Waals surface area contributed by atoms with Crippen LogP contribution in [0.1, 0.15) is 45.2 Å². The molecule has 1 aliphatic carbocycles. The maximum atomic E-state index is 12.4. The number of carbonyl (C=O) groups is 1. The molecule has 2 fully saturated rings. The van der Waals surface area contributed by atoms with E-state index in [1.165, 1.54) is 5.70 Å². The van der Waals surface area contributed by atoms with Gasteiger partial charge in [0, 0.05) is 31.2 Å². The van der Waals surface area contributed by atoms with E-state index in [9.17, 15) is 4.79 Å². The molecule has 1 amide bonds. The van der Waals surface area contributed by atoms with E-state index in [1.807, 2.05) is 24.8 Å². The number of likely N-dealkylation sites (tertiary alicyclic amines) is 1. The first-order chi connectivity index (χ1) is 16.5. The van der Waals surface area contributed by atoms with Gasteiger partial charge in [0.05, 0.1) is 36.0 Å². The van der Waals surface area contributed by atoms with Gasteiger partial charge in [-0.25, -0.2) is 4.98 Å². The van der Waals surface area contributed by atoms with Crippen molar-refractivity contribution in [1.82, 2.24) is 24.8 Å². The van der Waals surface area contributed by atoms with Crippen LogP contribution in [0.5, 0.6) is 6.01 Å². The molecule has 5 rings (SSSR count). The predicted octanol–water partition coefficient (Wildman–Crippen LogP) is 4.03. The number of pyridine rings is 1. The van der Waals surface area contributed by atoms with Crippen LogP contribution in [0.25, 0.3) is 16.7 Å². The number of hydrogen-bond donors (Lipinski definition) is 1. The van der Waals surface area contributed by atoms with Gasteiger partial charge in [-0.1, -0.05) is 31.5 Å². The standard InChI is InChI=1S/C25H32ClN5O3/c1-16(2)24(32)31-9-3-4-19(15-31)34-25-27-21-14-20(26)22(28-23(21)29-25)17-5-7-18(8-6-17)30-10-12-33-13-11-30/h5,7,14,16,19H,3-4,6,8-13,15H2,1-2H3,(H,27,28,29). The quantitative estimate of drug-likeness (QED) is 0.688. The van der Waals surface area contributed by atoms with Gasteiger partial charge in [0.1, 0.15) is 6.10 Å². The zero-order chi connectivity index (χ0) is 23.7. The van der Waals surface area contributed by atoms with Gasteiger partial charge in [0.2, 0.25) is 5.91 Å². The van der Waals surface area contributed by atoms with Gasteiger partial charge in [0.25, 0.3) is 6.01 Å². The molecule has 2 saturated heterocycles. The normalized spacial score (nSPS) is 21.6. The third kappa shape index (κ3) is 4.93. The number of nitrogens with zero attached hydrogens (tertiary/aromatic N) is 4. The lowest BCUT2D eigenvalue weighted by molar-refractivity contribution is -0.137. The van der Waals surface area contributed by atoms with Gasteiger partial charge in [-0.3, -0.25) is 4.79 Å². The number of aromatic amines is 1. The fourth-order valence-corrected chi connectivity index (χ4v) is 5.14. The zero-order valence-electron chi connectivity index (χ0n) is 19.8. The van der Waals surface area contributed by atoms with Gasteiger partial charge in [-0.2, -0.15) is 4.98 Å². The lowest BCUT2D eigenvalue weighted by Gasteiger charge is -2.33. The largest absolute Gasteiger partial charge is 0.460 e. The molecule has 2 aliphatic heterocycles. The number of hydrogen-bond acceptors (Lipinski definition) is 6. The monoisotopic (exact) mass is 485 g/mol. The Kier molecular flexibility index (Phi) is 6.79. The van der Waals surface area contributed by atoms with Crippen LogP contribution >= 0.6 is 11.6 Å². The molecule has 1 atom stereocenters. The smallest absolute Gasteiger partial charge is 0.296 e. The first-order valence-corrected chi connectivity index (χ1v) is 12.6. The molecule has 9 heteroatoms. The summed E-state index contributed by atoms with van der Waals surface area (Å²) in [4.78, 5) is 29.2. The molecule has 0 bridgehead atoms. The highest BCUT2D eigenvalue weighted by Gasteiger charge is 2.27. The van der Waals surface area contributed by atoms with Crippen LogP contribution in [0, 0.1) is 5.92 Å². The number of morpholine rings is 1. The molecule has 0 saturated carbocycles. The highest BCUT2D eigenvalue weighted by molar-refractivity contribution is 6.32. The summed E-state index contributed by atoms with van der Waals surface area (Å²) in [5, 5.41) is 0.601. The Morgan fingerprint density at radius 2 is 2.03 bits per heavy atom. The number of rotatable bonds is 5. The fraction of sp³-hybridized carbons (Fsp3) is 0.560. The van der Waals surface area contributed by atoms with Crippen molar-refractivity contribution in [2.24, 2.45) is 5.92 Å². The number of aromatic nitrogens is 3. The second-order valence-corrected chi connectivity index (χ2v) is 9.91. The molecule has 2 aromatic rings. The van der Waals surface area contributed by atoms with Gasteiger partial charge >= 0.3 is 0 Å². The molecule has 2 aromatic heterocycles. The molecule has 4 heterocycles. The van der Waals surface area contributed by atoms with Crippen LogP contribution in [0.4, 0.5) is 0 Å². The molecule has 0 aromatic carbocycles. The highest BCUT2D eigenvalue weighted by Crippen LogP contribution is 2.33. The molecule has 34 heavy (non-hydrogen) atoms. The molecule has 1 N–H and O–H groups in total. The second-order valence-electron chi connectivity index (χ2n) is 9.50. The van der Waals surface area contributed by atoms with E-state index in [0.29, 0.717) is 23.2 Å². The molecule has 182 valence electrons. The van der Waals surface area contributed by atoms with Gasteiger partial charge in [0.15, 0.2) is 5.65 Å². The molecular formula is C25H32ClN5O3. The number of H-pyrrole nitrogens is 1. The minimum atomic E-state index is -0.0863. The lowest BCUT2D eigenvalue weighted by atomic mass is 9.98. The van der Waals surface area contributed by atoms with E-state index in [0.717, 1.165) is 75.3 Å². The first kappa shape index (κ1) is 23.2. The maximum absolute atomic E-state index is 12.4. The summed E-state index contributed by atoms with van der Waals surface area (Å²) in [5.74, 6) is 0.158. The van der Waals surface area contributed by atoms with Crippen LogP contribution in [0.3, 0.4) is 0 Å². The van der Waals surface area contributed by atoms with Gasteiger partial charge in [-0.15, -0.1) is 0 Å². The van der Waals surface area contributed by atoms with Crippen LogP contribution in [0.2, 0.25) is 5.02 Å². The zero-order valence-corrected chi connectivity index (χ0v) is 20.6. The average Bonchev–Trinajstić information content (AvgIpc) is 3.24. The number of fused-ring (bicyclic) bond motifs is 1. The van der Waals surface area contributed by atoms with Gasteiger partial charge in [-0.05, 0) is 43.4 Å². The number of imidazole rings is 1. The Balaban J connectivity index is 1.31. The van der Waals surface area contributed by atoms with Crippen molar-refractivity contribution >= 4 is 34.2 Å². The van der Waals surface area contributed by atoms with Crippen molar-refractivity contribution in [1.29, 1.82) is 0 Å². The predicted molar refractivity (Wildman–Crippen MR) is 132 cm³/mol. The number of carbonyl (C=O) groups excluding carboxylic acids is 1. The number of nitrogens with one attached hydrogen (secondary N) is 1.